The number of rotatable bonds is 4. The van der Waals surface area contributed by atoms with Gasteiger partial charge in [-0.1, -0.05) is 6.07 Å². The summed E-state index contributed by atoms with van der Waals surface area (Å²) in [6, 6.07) is 6.92. The van der Waals surface area contributed by atoms with Crippen LogP contribution >= 0.6 is 0 Å². The summed E-state index contributed by atoms with van der Waals surface area (Å²) in [6.45, 7) is 2.07. The van der Waals surface area contributed by atoms with Crippen molar-refractivity contribution in [2.24, 2.45) is 16.6 Å². The van der Waals surface area contributed by atoms with Crippen molar-refractivity contribution in [2.45, 2.75) is 31.4 Å². The molecule has 0 saturated carbocycles. The molecule has 164 valence electrons. The second-order valence-corrected chi connectivity index (χ2v) is 7.85. The number of alkyl halides is 2. The standard InChI is InChI=1S/C21H21F3N4O3/c1-11-3-6-16(26-8-11)18(29)27-12-4-5-15(22)13(7-12)21-10-31-17(20(2,23)24)14(21)9-30-19(25)28-21/h3-8,14,17H,9-10H2,1-2H3,(H2,25,28)(H,27,29). The number of aromatic nitrogens is 1. The van der Waals surface area contributed by atoms with Gasteiger partial charge in [0, 0.05) is 24.4 Å². The molecule has 1 fully saturated rings. The molecule has 0 spiro atoms. The van der Waals surface area contributed by atoms with E-state index in [1.807, 2.05) is 6.92 Å². The van der Waals surface area contributed by atoms with Crippen LogP contribution in [0, 0.1) is 18.7 Å². The van der Waals surface area contributed by atoms with Crippen molar-refractivity contribution < 1.29 is 27.4 Å². The fourth-order valence-corrected chi connectivity index (χ4v) is 4.00. The van der Waals surface area contributed by atoms with E-state index >= 15 is 0 Å². The van der Waals surface area contributed by atoms with E-state index in [0.29, 0.717) is 0 Å². The molecule has 4 rings (SSSR count). The number of fused-ring (bicyclic) bond motifs is 1. The maximum atomic E-state index is 14.9. The van der Waals surface area contributed by atoms with Crippen molar-refractivity contribution in [2.75, 3.05) is 18.5 Å². The lowest BCUT2D eigenvalue weighted by atomic mass is 9.76. The molecule has 10 heteroatoms. The molecular formula is C21H21F3N4O3. The first-order chi connectivity index (χ1) is 14.6. The van der Waals surface area contributed by atoms with Gasteiger partial charge in [-0.15, -0.1) is 0 Å². The van der Waals surface area contributed by atoms with Crippen LogP contribution in [-0.4, -0.2) is 42.2 Å². The summed E-state index contributed by atoms with van der Waals surface area (Å²) in [6.07, 6.45) is 0.0217. The lowest BCUT2D eigenvalue weighted by molar-refractivity contribution is -0.121. The average Bonchev–Trinajstić information content (AvgIpc) is 3.09. The SMILES string of the molecule is Cc1ccc(C(=O)Nc2ccc(F)c(C34COC(C(C)(F)F)C3COC(N)=N4)c2)nc1. The molecular weight excluding hydrogens is 413 g/mol. The second-order valence-electron chi connectivity index (χ2n) is 7.85. The van der Waals surface area contributed by atoms with Gasteiger partial charge >= 0.3 is 0 Å². The minimum Gasteiger partial charge on any atom is -0.465 e. The Bertz CT molecular complexity index is 1040. The third kappa shape index (κ3) is 3.83. The van der Waals surface area contributed by atoms with E-state index in [-0.39, 0.29) is 36.2 Å². The molecule has 1 amide bonds. The number of benzene rings is 1. The van der Waals surface area contributed by atoms with Gasteiger partial charge in [-0.25, -0.2) is 18.2 Å². The number of carbonyl (C=O) groups excluding carboxylic acids is 1. The molecule has 3 N–H and O–H groups in total. The van der Waals surface area contributed by atoms with Crippen molar-refractivity contribution in [3.63, 3.8) is 0 Å². The van der Waals surface area contributed by atoms with E-state index in [1.54, 1.807) is 18.3 Å². The fourth-order valence-electron chi connectivity index (χ4n) is 4.00. The van der Waals surface area contributed by atoms with Gasteiger partial charge in [0.05, 0.1) is 19.1 Å². The number of hydrogen-bond acceptors (Lipinski definition) is 6. The number of amides is 1. The van der Waals surface area contributed by atoms with Crippen molar-refractivity contribution in [1.29, 1.82) is 0 Å². The number of anilines is 1. The number of carbonyl (C=O) groups is 1. The highest BCUT2D eigenvalue weighted by Gasteiger charge is 2.60. The molecule has 2 aliphatic heterocycles. The zero-order valence-corrected chi connectivity index (χ0v) is 16.9. The van der Waals surface area contributed by atoms with Crippen LogP contribution in [0.1, 0.15) is 28.5 Å². The summed E-state index contributed by atoms with van der Waals surface area (Å²) >= 11 is 0. The van der Waals surface area contributed by atoms with Crippen LogP contribution in [-0.2, 0) is 15.0 Å². The van der Waals surface area contributed by atoms with Crippen LogP contribution in [0.4, 0.5) is 18.9 Å². The zero-order valence-electron chi connectivity index (χ0n) is 16.9. The first-order valence-electron chi connectivity index (χ1n) is 9.62. The molecule has 1 saturated heterocycles. The number of nitrogens with one attached hydrogen (secondary N) is 1. The third-order valence-corrected chi connectivity index (χ3v) is 5.52. The Balaban J connectivity index is 1.71. The van der Waals surface area contributed by atoms with Crippen LogP contribution in [0.3, 0.4) is 0 Å². The van der Waals surface area contributed by atoms with Crippen LogP contribution in [0.5, 0.6) is 0 Å². The molecule has 0 radical (unpaired) electrons. The number of hydrogen-bond donors (Lipinski definition) is 2. The molecule has 0 aliphatic carbocycles. The van der Waals surface area contributed by atoms with Gasteiger partial charge in [0.15, 0.2) is 0 Å². The van der Waals surface area contributed by atoms with Gasteiger partial charge in [0.25, 0.3) is 17.9 Å². The van der Waals surface area contributed by atoms with E-state index in [1.165, 1.54) is 12.1 Å². The monoisotopic (exact) mass is 434 g/mol. The Kier molecular flexibility index (Phi) is 5.12. The summed E-state index contributed by atoms with van der Waals surface area (Å²) in [5.74, 6) is -5.35. The predicted octanol–water partition coefficient (Wildman–Crippen LogP) is 2.99. The van der Waals surface area contributed by atoms with Crippen LogP contribution < -0.4 is 11.1 Å². The lowest BCUT2D eigenvalue weighted by Gasteiger charge is -2.37. The molecule has 1 aromatic carbocycles. The first-order valence-corrected chi connectivity index (χ1v) is 9.62. The predicted molar refractivity (Wildman–Crippen MR) is 106 cm³/mol. The maximum Gasteiger partial charge on any atom is 0.282 e. The second kappa shape index (κ2) is 7.52. The number of ether oxygens (including phenoxy) is 2. The highest BCUT2D eigenvalue weighted by Crippen LogP contribution is 2.49. The topological polar surface area (TPSA) is 98.8 Å². The minimum absolute atomic E-state index is 0.00911. The molecule has 31 heavy (non-hydrogen) atoms. The number of pyridine rings is 1. The van der Waals surface area contributed by atoms with Crippen molar-refractivity contribution >= 4 is 17.6 Å². The smallest absolute Gasteiger partial charge is 0.282 e. The number of halogens is 3. The van der Waals surface area contributed by atoms with Gasteiger partial charge in [0.1, 0.15) is 23.2 Å². The van der Waals surface area contributed by atoms with E-state index in [0.717, 1.165) is 18.6 Å². The molecule has 0 bridgehead atoms. The number of aryl methyl sites for hydroxylation is 1. The van der Waals surface area contributed by atoms with E-state index in [2.05, 4.69) is 15.3 Å². The zero-order chi connectivity index (χ0) is 22.4. The normalized spacial score (nSPS) is 25.4. The highest BCUT2D eigenvalue weighted by molar-refractivity contribution is 6.02. The summed E-state index contributed by atoms with van der Waals surface area (Å²) in [5, 5.41) is 2.65. The van der Waals surface area contributed by atoms with Gasteiger partial charge in [0.2, 0.25) is 0 Å². The van der Waals surface area contributed by atoms with Gasteiger partial charge in [-0.2, -0.15) is 0 Å². The number of nitrogens with two attached hydrogens (primary N) is 1. The molecule has 3 atom stereocenters. The number of aliphatic imine (C=N–C) groups is 1. The van der Waals surface area contributed by atoms with Crippen molar-refractivity contribution in [1.82, 2.24) is 4.98 Å². The van der Waals surface area contributed by atoms with E-state index < -0.39 is 35.2 Å². The highest BCUT2D eigenvalue weighted by atomic mass is 19.3. The minimum atomic E-state index is -3.20. The van der Waals surface area contributed by atoms with Crippen LogP contribution in [0.15, 0.2) is 41.5 Å². The summed E-state index contributed by atoms with van der Waals surface area (Å²) in [7, 11) is 0. The van der Waals surface area contributed by atoms with Crippen LogP contribution in [0.2, 0.25) is 0 Å². The molecule has 3 unspecified atom stereocenters. The largest absolute Gasteiger partial charge is 0.465 e. The summed E-state index contributed by atoms with van der Waals surface area (Å²) < 4.78 is 53.7. The van der Waals surface area contributed by atoms with Gasteiger partial charge in [-0.05, 0) is 36.8 Å². The van der Waals surface area contributed by atoms with Gasteiger partial charge < -0.3 is 20.5 Å². The summed E-state index contributed by atoms with van der Waals surface area (Å²) in [4.78, 5) is 20.8. The molecule has 2 aromatic rings. The molecule has 3 heterocycles. The van der Waals surface area contributed by atoms with E-state index in [4.69, 9.17) is 15.2 Å². The molecule has 2 aliphatic rings. The van der Waals surface area contributed by atoms with Crippen molar-refractivity contribution in [3.8, 4) is 0 Å². The quantitative estimate of drug-likeness (QED) is 0.771. The number of nitrogens with zero attached hydrogens (tertiary/aromatic N) is 2. The Morgan fingerprint density at radius 3 is 2.77 bits per heavy atom. The Morgan fingerprint density at radius 1 is 1.32 bits per heavy atom. The summed E-state index contributed by atoms with van der Waals surface area (Å²) in [5.41, 5.74) is 5.52. The molecule has 1 aromatic heterocycles. The lowest BCUT2D eigenvalue weighted by Crippen LogP contribution is -2.48. The first kappa shape index (κ1) is 21.1. The average molecular weight is 434 g/mol. The molecule has 7 nitrogen and oxygen atoms in total. The van der Waals surface area contributed by atoms with Crippen molar-refractivity contribution in [3.05, 3.63) is 59.2 Å². The Morgan fingerprint density at radius 2 is 2.10 bits per heavy atom. The fraction of sp³-hybridized carbons (Fsp3) is 0.381. The third-order valence-electron chi connectivity index (χ3n) is 5.52. The van der Waals surface area contributed by atoms with Gasteiger partial charge in [-0.3, -0.25) is 9.78 Å². The number of amidine groups is 1. The maximum absolute atomic E-state index is 14.9. The Labute approximate surface area is 176 Å². The van der Waals surface area contributed by atoms with E-state index in [9.17, 15) is 18.0 Å². The Hall–Kier alpha value is -3.14. The van der Waals surface area contributed by atoms with Crippen LogP contribution in [0.25, 0.3) is 0 Å².